The first-order valence-electron chi connectivity index (χ1n) is 5.27. The largest absolute Gasteiger partial charge is 0.488 e. The van der Waals surface area contributed by atoms with Gasteiger partial charge in [0, 0.05) is 6.07 Å². The minimum absolute atomic E-state index is 0.0841. The van der Waals surface area contributed by atoms with E-state index in [1.54, 1.807) is 6.07 Å². The average molecular weight is 258 g/mol. The molecule has 6 heteroatoms. The number of sulfonamides is 1. The summed E-state index contributed by atoms with van der Waals surface area (Å²) in [7, 11) is -3.78. The van der Waals surface area contributed by atoms with Crippen LogP contribution in [0.5, 0.6) is 5.75 Å². The van der Waals surface area contributed by atoms with Gasteiger partial charge in [-0.2, -0.15) is 0 Å². The Morgan fingerprint density at radius 1 is 1.35 bits per heavy atom. The lowest BCUT2D eigenvalue weighted by atomic mass is 10.1. The van der Waals surface area contributed by atoms with E-state index in [0.717, 1.165) is 6.42 Å². The van der Waals surface area contributed by atoms with Gasteiger partial charge in [-0.1, -0.05) is 6.92 Å². The monoisotopic (exact) mass is 258 g/mol. The first kappa shape index (κ1) is 13.8. The summed E-state index contributed by atoms with van der Waals surface area (Å²) in [5.41, 5.74) is 5.40. The molecule has 0 atom stereocenters. The molecule has 5 nitrogen and oxygen atoms in total. The maximum Gasteiger partial charge on any atom is 0.240 e. The van der Waals surface area contributed by atoms with E-state index in [1.165, 1.54) is 12.1 Å². The van der Waals surface area contributed by atoms with Crippen molar-refractivity contribution in [2.75, 3.05) is 5.73 Å². The molecule has 0 fully saturated rings. The van der Waals surface area contributed by atoms with Crippen LogP contribution in [-0.4, -0.2) is 14.0 Å². The van der Waals surface area contributed by atoms with E-state index in [-0.39, 0.29) is 16.2 Å². The van der Waals surface area contributed by atoms with Crippen molar-refractivity contribution in [3.63, 3.8) is 0 Å². The molecule has 0 aliphatic rings. The first-order valence-corrected chi connectivity index (χ1v) is 6.82. The van der Waals surface area contributed by atoms with Gasteiger partial charge in [-0.25, -0.2) is 13.6 Å². The van der Waals surface area contributed by atoms with Gasteiger partial charge in [-0.15, -0.1) is 0 Å². The summed E-state index contributed by atoms with van der Waals surface area (Å²) >= 11 is 0. The molecule has 1 rings (SSSR count). The van der Waals surface area contributed by atoms with E-state index in [1.807, 2.05) is 20.8 Å². The van der Waals surface area contributed by atoms with Crippen LogP contribution in [0.1, 0.15) is 27.2 Å². The molecule has 0 heterocycles. The van der Waals surface area contributed by atoms with Crippen LogP contribution in [0, 0.1) is 0 Å². The van der Waals surface area contributed by atoms with Gasteiger partial charge in [0.05, 0.1) is 5.69 Å². The second-order valence-corrected chi connectivity index (χ2v) is 5.99. The Balaban J connectivity index is 3.06. The van der Waals surface area contributed by atoms with Crippen LogP contribution in [-0.2, 0) is 10.0 Å². The quantitative estimate of drug-likeness (QED) is 0.800. The third-order valence-corrected chi connectivity index (χ3v) is 3.52. The Hall–Kier alpha value is -1.27. The molecular formula is C11H18N2O3S. The maximum absolute atomic E-state index is 11.2. The highest BCUT2D eigenvalue weighted by atomic mass is 32.2. The van der Waals surface area contributed by atoms with Crippen molar-refractivity contribution in [3.05, 3.63) is 18.2 Å². The maximum atomic E-state index is 11.2. The van der Waals surface area contributed by atoms with E-state index < -0.39 is 10.0 Å². The van der Waals surface area contributed by atoms with Crippen LogP contribution >= 0.6 is 0 Å². The second kappa shape index (κ2) is 4.54. The van der Waals surface area contributed by atoms with Crippen molar-refractivity contribution in [3.8, 4) is 5.75 Å². The van der Waals surface area contributed by atoms with Gasteiger partial charge in [0.2, 0.25) is 10.0 Å². The lowest BCUT2D eigenvalue weighted by Gasteiger charge is -2.25. The molecule has 4 N–H and O–H groups in total. The molecule has 0 aromatic heterocycles. The van der Waals surface area contributed by atoms with Crippen LogP contribution in [0.3, 0.4) is 0 Å². The van der Waals surface area contributed by atoms with Gasteiger partial charge < -0.3 is 10.5 Å². The van der Waals surface area contributed by atoms with Gasteiger partial charge >= 0.3 is 0 Å². The van der Waals surface area contributed by atoms with E-state index in [4.69, 9.17) is 15.6 Å². The summed E-state index contributed by atoms with van der Waals surface area (Å²) in [4.78, 5) is -0.0841. The van der Waals surface area contributed by atoms with E-state index in [9.17, 15) is 8.42 Å². The van der Waals surface area contributed by atoms with Crippen molar-refractivity contribution in [2.45, 2.75) is 37.7 Å². The van der Waals surface area contributed by atoms with Crippen LogP contribution in [0.2, 0.25) is 0 Å². The summed E-state index contributed by atoms with van der Waals surface area (Å²) in [6.07, 6.45) is 0.823. The Kier molecular flexibility index (Phi) is 3.68. The topological polar surface area (TPSA) is 95.4 Å². The molecule has 0 saturated heterocycles. The summed E-state index contributed by atoms with van der Waals surface area (Å²) in [6.45, 7) is 5.88. The van der Waals surface area contributed by atoms with Gasteiger partial charge in [-0.3, -0.25) is 0 Å². The molecule has 0 unspecified atom stereocenters. The number of nitrogens with two attached hydrogens (primary N) is 2. The van der Waals surface area contributed by atoms with Gasteiger partial charge in [0.25, 0.3) is 0 Å². The van der Waals surface area contributed by atoms with Gasteiger partial charge in [0.1, 0.15) is 16.2 Å². The van der Waals surface area contributed by atoms with E-state index in [0.29, 0.717) is 5.75 Å². The normalized spacial score (nSPS) is 12.5. The zero-order valence-electron chi connectivity index (χ0n) is 10.2. The fourth-order valence-corrected chi connectivity index (χ4v) is 1.89. The molecule has 0 aliphatic carbocycles. The molecule has 0 aliphatic heterocycles. The smallest absolute Gasteiger partial charge is 0.240 e. The highest BCUT2D eigenvalue weighted by Crippen LogP contribution is 2.26. The molecule has 17 heavy (non-hydrogen) atoms. The Morgan fingerprint density at radius 3 is 2.35 bits per heavy atom. The summed E-state index contributed by atoms with van der Waals surface area (Å²) in [5, 5.41) is 5.01. The molecule has 0 amide bonds. The SMILES string of the molecule is CCC(C)(C)Oc1ccc(S(N)(=O)=O)c(N)c1. The van der Waals surface area contributed by atoms with E-state index >= 15 is 0 Å². The third kappa shape index (κ3) is 3.61. The summed E-state index contributed by atoms with van der Waals surface area (Å²) in [5.74, 6) is 0.529. The summed E-state index contributed by atoms with van der Waals surface area (Å²) in [6, 6.07) is 4.37. The lowest BCUT2D eigenvalue weighted by Crippen LogP contribution is -2.26. The second-order valence-electron chi connectivity index (χ2n) is 4.46. The summed E-state index contributed by atoms with van der Waals surface area (Å²) < 4.78 is 28.0. The van der Waals surface area contributed by atoms with Crippen LogP contribution in [0.15, 0.2) is 23.1 Å². The molecule has 0 spiro atoms. The number of benzene rings is 1. The Morgan fingerprint density at radius 2 is 1.94 bits per heavy atom. The zero-order valence-corrected chi connectivity index (χ0v) is 11.0. The number of primary sulfonamides is 1. The number of rotatable bonds is 4. The number of hydrogen-bond acceptors (Lipinski definition) is 4. The molecule has 0 saturated carbocycles. The van der Waals surface area contributed by atoms with Crippen LogP contribution in [0.4, 0.5) is 5.69 Å². The van der Waals surface area contributed by atoms with Crippen molar-refractivity contribution in [1.82, 2.24) is 0 Å². The minimum atomic E-state index is -3.78. The fourth-order valence-electron chi connectivity index (χ4n) is 1.24. The molecule has 0 bridgehead atoms. The first-order chi connectivity index (χ1) is 7.65. The fraction of sp³-hybridized carbons (Fsp3) is 0.455. The molecule has 96 valence electrons. The average Bonchev–Trinajstić information content (AvgIpc) is 2.15. The zero-order chi connectivity index (χ0) is 13.3. The van der Waals surface area contributed by atoms with Gasteiger partial charge in [0.15, 0.2) is 0 Å². The van der Waals surface area contributed by atoms with Crippen molar-refractivity contribution in [2.24, 2.45) is 5.14 Å². The van der Waals surface area contributed by atoms with Crippen LogP contribution < -0.4 is 15.6 Å². The lowest BCUT2D eigenvalue weighted by molar-refractivity contribution is 0.105. The molecule has 1 aromatic carbocycles. The standard InChI is InChI=1S/C11H18N2O3S/c1-4-11(2,3)16-8-5-6-10(9(12)7-8)17(13,14)15/h5-7H,4,12H2,1-3H3,(H2,13,14,15). The number of anilines is 1. The van der Waals surface area contributed by atoms with Gasteiger partial charge in [-0.05, 0) is 32.4 Å². The molecule has 1 aromatic rings. The predicted octanol–water partition coefficient (Wildman–Crippen LogP) is 1.48. The van der Waals surface area contributed by atoms with Crippen molar-refractivity contribution in [1.29, 1.82) is 0 Å². The highest BCUT2D eigenvalue weighted by Gasteiger charge is 2.18. The number of nitrogen functional groups attached to an aromatic ring is 1. The Bertz CT molecular complexity index is 509. The number of ether oxygens (including phenoxy) is 1. The van der Waals surface area contributed by atoms with E-state index in [2.05, 4.69) is 0 Å². The molecule has 0 radical (unpaired) electrons. The Labute approximate surface area is 102 Å². The minimum Gasteiger partial charge on any atom is -0.488 e. The highest BCUT2D eigenvalue weighted by molar-refractivity contribution is 7.89. The van der Waals surface area contributed by atoms with Crippen LogP contribution in [0.25, 0.3) is 0 Å². The number of hydrogen-bond donors (Lipinski definition) is 2. The van der Waals surface area contributed by atoms with Crippen molar-refractivity contribution < 1.29 is 13.2 Å². The predicted molar refractivity (Wildman–Crippen MR) is 67.2 cm³/mol. The third-order valence-electron chi connectivity index (χ3n) is 2.53. The molecular weight excluding hydrogens is 240 g/mol. The van der Waals surface area contributed by atoms with Crippen molar-refractivity contribution >= 4 is 15.7 Å².